The van der Waals surface area contributed by atoms with Crippen molar-refractivity contribution in [2.24, 2.45) is 0 Å². The van der Waals surface area contributed by atoms with Crippen LogP contribution in [0, 0.1) is 5.82 Å². The SMILES string of the molecule is CCNCc1ccc(Cl)cc1Oc1ccc(Cl)c(F)c1. The summed E-state index contributed by atoms with van der Waals surface area (Å²) < 4.78 is 19.1. The van der Waals surface area contributed by atoms with Gasteiger partial charge >= 0.3 is 0 Å². The largest absolute Gasteiger partial charge is 0.457 e. The summed E-state index contributed by atoms with van der Waals surface area (Å²) in [5.41, 5.74) is 0.951. The molecule has 0 aliphatic heterocycles. The predicted molar refractivity (Wildman–Crippen MR) is 80.3 cm³/mol. The van der Waals surface area contributed by atoms with E-state index in [-0.39, 0.29) is 5.02 Å². The topological polar surface area (TPSA) is 21.3 Å². The third-order valence-electron chi connectivity index (χ3n) is 2.71. The van der Waals surface area contributed by atoms with Gasteiger partial charge in [-0.3, -0.25) is 0 Å². The number of nitrogens with one attached hydrogen (secondary N) is 1. The number of benzene rings is 2. The molecule has 0 aliphatic rings. The summed E-state index contributed by atoms with van der Waals surface area (Å²) >= 11 is 11.6. The maximum Gasteiger partial charge on any atom is 0.145 e. The summed E-state index contributed by atoms with van der Waals surface area (Å²) in [6, 6.07) is 9.71. The van der Waals surface area contributed by atoms with Crippen LogP contribution in [-0.4, -0.2) is 6.54 Å². The van der Waals surface area contributed by atoms with Gasteiger partial charge in [0.1, 0.15) is 17.3 Å². The molecule has 2 aromatic carbocycles. The van der Waals surface area contributed by atoms with Gasteiger partial charge in [-0.1, -0.05) is 36.2 Å². The molecule has 1 N–H and O–H groups in total. The van der Waals surface area contributed by atoms with Crippen LogP contribution in [0.1, 0.15) is 12.5 Å². The van der Waals surface area contributed by atoms with Crippen LogP contribution >= 0.6 is 23.2 Å². The predicted octanol–water partition coefficient (Wildman–Crippen LogP) is 5.03. The lowest BCUT2D eigenvalue weighted by atomic mass is 10.2. The Labute approximate surface area is 127 Å². The summed E-state index contributed by atoms with van der Waals surface area (Å²) in [4.78, 5) is 0. The quantitative estimate of drug-likeness (QED) is 0.835. The molecular weight excluding hydrogens is 300 g/mol. The molecule has 5 heteroatoms. The first-order chi connectivity index (χ1) is 9.60. The van der Waals surface area contributed by atoms with Crippen LogP contribution in [0.15, 0.2) is 36.4 Å². The zero-order valence-electron chi connectivity index (χ0n) is 10.9. The summed E-state index contributed by atoms with van der Waals surface area (Å²) in [5.74, 6) is 0.464. The molecule has 2 rings (SSSR count). The van der Waals surface area contributed by atoms with Gasteiger partial charge < -0.3 is 10.1 Å². The van der Waals surface area contributed by atoms with Gasteiger partial charge in [-0.15, -0.1) is 0 Å². The Morgan fingerprint density at radius 1 is 1.15 bits per heavy atom. The number of ether oxygens (including phenoxy) is 1. The summed E-state index contributed by atoms with van der Waals surface area (Å²) in [6.45, 7) is 3.52. The van der Waals surface area contributed by atoms with Crippen molar-refractivity contribution in [2.45, 2.75) is 13.5 Å². The molecule has 0 radical (unpaired) electrons. The summed E-state index contributed by atoms with van der Waals surface area (Å²) in [6.07, 6.45) is 0. The second-order valence-electron chi connectivity index (χ2n) is 4.21. The van der Waals surface area contributed by atoms with Gasteiger partial charge in [0.25, 0.3) is 0 Å². The third-order valence-corrected chi connectivity index (χ3v) is 3.26. The Morgan fingerprint density at radius 3 is 2.65 bits per heavy atom. The Balaban J connectivity index is 2.26. The van der Waals surface area contributed by atoms with Crippen LogP contribution in [-0.2, 0) is 6.54 Å². The van der Waals surface area contributed by atoms with Crippen molar-refractivity contribution in [1.29, 1.82) is 0 Å². The molecule has 0 amide bonds. The Hall–Kier alpha value is -1.29. The minimum atomic E-state index is -0.514. The van der Waals surface area contributed by atoms with Crippen molar-refractivity contribution in [2.75, 3.05) is 6.54 Å². The lowest BCUT2D eigenvalue weighted by Gasteiger charge is -2.12. The van der Waals surface area contributed by atoms with Gasteiger partial charge in [0, 0.05) is 23.2 Å². The van der Waals surface area contributed by atoms with Crippen LogP contribution in [0.5, 0.6) is 11.5 Å². The maximum absolute atomic E-state index is 13.4. The number of hydrogen-bond donors (Lipinski definition) is 1. The lowest BCUT2D eigenvalue weighted by molar-refractivity contribution is 0.468. The van der Waals surface area contributed by atoms with E-state index in [1.165, 1.54) is 12.1 Å². The van der Waals surface area contributed by atoms with Crippen molar-refractivity contribution >= 4 is 23.2 Å². The molecule has 0 spiro atoms. The maximum atomic E-state index is 13.4. The minimum absolute atomic E-state index is 0.0660. The Bertz CT molecular complexity index is 604. The standard InChI is InChI=1S/C15H14Cl2FNO/c1-2-19-9-10-3-4-11(16)7-15(10)20-12-5-6-13(17)14(18)8-12/h3-8,19H,2,9H2,1H3. The van der Waals surface area contributed by atoms with E-state index in [0.29, 0.717) is 23.1 Å². The molecule has 0 heterocycles. The highest BCUT2D eigenvalue weighted by Gasteiger charge is 2.08. The first-order valence-corrected chi connectivity index (χ1v) is 6.97. The van der Waals surface area contributed by atoms with E-state index >= 15 is 0 Å². The van der Waals surface area contributed by atoms with Gasteiger partial charge in [-0.25, -0.2) is 4.39 Å². The van der Waals surface area contributed by atoms with E-state index in [1.807, 2.05) is 13.0 Å². The number of hydrogen-bond acceptors (Lipinski definition) is 2. The minimum Gasteiger partial charge on any atom is -0.457 e. The lowest BCUT2D eigenvalue weighted by Crippen LogP contribution is -2.12. The van der Waals surface area contributed by atoms with Crippen LogP contribution < -0.4 is 10.1 Å². The molecule has 0 bridgehead atoms. The van der Waals surface area contributed by atoms with Crippen LogP contribution in [0.4, 0.5) is 4.39 Å². The average molecular weight is 314 g/mol. The van der Waals surface area contributed by atoms with Crippen molar-refractivity contribution in [3.8, 4) is 11.5 Å². The molecule has 106 valence electrons. The molecule has 0 saturated carbocycles. The zero-order valence-corrected chi connectivity index (χ0v) is 12.4. The van der Waals surface area contributed by atoms with Gasteiger partial charge in [-0.05, 0) is 30.8 Å². The van der Waals surface area contributed by atoms with Crippen LogP contribution in [0.25, 0.3) is 0 Å². The molecule has 0 aliphatic carbocycles. The third kappa shape index (κ3) is 3.85. The van der Waals surface area contributed by atoms with E-state index in [4.69, 9.17) is 27.9 Å². The molecule has 0 aromatic heterocycles. The van der Waals surface area contributed by atoms with Crippen molar-refractivity contribution in [3.05, 3.63) is 57.8 Å². The second-order valence-corrected chi connectivity index (χ2v) is 5.05. The first kappa shape index (κ1) is 15.1. The van der Waals surface area contributed by atoms with Crippen molar-refractivity contribution < 1.29 is 9.13 Å². The second kappa shape index (κ2) is 6.93. The van der Waals surface area contributed by atoms with Gasteiger partial charge in [-0.2, -0.15) is 0 Å². The monoisotopic (exact) mass is 313 g/mol. The van der Waals surface area contributed by atoms with E-state index in [2.05, 4.69) is 5.32 Å². The zero-order chi connectivity index (χ0) is 14.5. The Kier molecular flexibility index (Phi) is 5.24. The van der Waals surface area contributed by atoms with E-state index < -0.39 is 5.82 Å². The van der Waals surface area contributed by atoms with E-state index in [0.717, 1.165) is 12.1 Å². The molecule has 20 heavy (non-hydrogen) atoms. The van der Waals surface area contributed by atoms with Crippen molar-refractivity contribution in [1.82, 2.24) is 5.32 Å². The molecule has 0 atom stereocenters. The average Bonchev–Trinajstić information content (AvgIpc) is 2.42. The van der Waals surface area contributed by atoms with Gasteiger partial charge in [0.05, 0.1) is 5.02 Å². The molecular formula is C15H14Cl2FNO. The molecule has 2 nitrogen and oxygen atoms in total. The van der Waals surface area contributed by atoms with E-state index in [9.17, 15) is 4.39 Å². The van der Waals surface area contributed by atoms with Crippen LogP contribution in [0.3, 0.4) is 0 Å². The molecule has 0 saturated heterocycles. The molecule has 0 unspecified atom stereocenters. The Morgan fingerprint density at radius 2 is 1.95 bits per heavy atom. The van der Waals surface area contributed by atoms with Gasteiger partial charge in [0.2, 0.25) is 0 Å². The number of rotatable bonds is 5. The highest BCUT2D eigenvalue weighted by Crippen LogP contribution is 2.30. The summed E-state index contributed by atoms with van der Waals surface area (Å²) in [7, 11) is 0. The van der Waals surface area contributed by atoms with Crippen molar-refractivity contribution in [3.63, 3.8) is 0 Å². The fraction of sp³-hybridized carbons (Fsp3) is 0.200. The fourth-order valence-electron chi connectivity index (χ4n) is 1.70. The fourth-order valence-corrected chi connectivity index (χ4v) is 1.98. The normalized spacial score (nSPS) is 10.6. The highest BCUT2D eigenvalue weighted by atomic mass is 35.5. The highest BCUT2D eigenvalue weighted by molar-refractivity contribution is 6.31. The molecule has 0 fully saturated rings. The van der Waals surface area contributed by atoms with Gasteiger partial charge in [0.15, 0.2) is 0 Å². The number of halogens is 3. The van der Waals surface area contributed by atoms with E-state index in [1.54, 1.807) is 18.2 Å². The van der Waals surface area contributed by atoms with Crippen LogP contribution in [0.2, 0.25) is 10.0 Å². The smallest absolute Gasteiger partial charge is 0.145 e. The summed E-state index contributed by atoms with van der Waals surface area (Å²) in [5, 5.41) is 3.84. The first-order valence-electron chi connectivity index (χ1n) is 6.22. The molecule has 2 aromatic rings.